The Morgan fingerprint density at radius 1 is 0.833 bits per heavy atom. The van der Waals surface area contributed by atoms with Crippen molar-refractivity contribution in [2.45, 2.75) is 49.5 Å². The molecule has 0 bridgehead atoms. The van der Waals surface area contributed by atoms with Crippen LogP contribution in [0.25, 0.3) is 0 Å². The summed E-state index contributed by atoms with van der Waals surface area (Å²) >= 11 is 0. The van der Waals surface area contributed by atoms with Crippen LogP contribution in [0.3, 0.4) is 0 Å². The molecule has 0 radical (unpaired) electrons. The van der Waals surface area contributed by atoms with Crippen molar-refractivity contribution in [3.8, 4) is 0 Å². The number of hydrogen-bond acceptors (Lipinski definition) is 5. The third kappa shape index (κ3) is 32600. The molecule has 0 rings (SSSR count). The summed E-state index contributed by atoms with van der Waals surface area (Å²) in [5.41, 5.74) is 18.8. The lowest BCUT2D eigenvalue weighted by Gasteiger charge is -1.72. The van der Waals surface area contributed by atoms with Crippen LogP contribution >= 0.6 is 0 Å². The number of hydrogen-bond donors (Lipinski definition) is 5. The van der Waals surface area contributed by atoms with Gasteiger partial charge < -0.3 is 28.0 Å². The molecule has 6 heteroatoms. The zero-order valence-electron chi connectivity index (χ0n) is 12.1. The molecule has 0 heterocycles. The molecule has 0 aromatic heterocycles. The van der Waals surface area contributed by atoms with Gasteiger partial charge in [-0.05, 0) is 14.1 Å². The lowest BCUT2D eigenvalue weighted by molar-refractivity contribution is -0.134. The molecule has 0 aromatic rings. The molecule has 0 saturated carbocycles. The Morgan fingerprint density at radius 2 is 0.889 bits per heavy atom. The van der Waals surface area contributed by atoms with Crippen LogP contribution in [-0.4, -0.2) is 38.3 Å². The van der Waals surface area contributed by atoms with E-state index in [9.17, 15) is 0 Å². The molecule has 0 aliphatic heterocycles. The van der Waals surface area contributed by atoms with E-state index in [4.69, 9.17) is 21.4 Å². The third-order valence-corrected chi connectivity index (χ3v) is 0.167. The summed E-state index contributed by atoms with van der Waals surface area (Å²) in [6, 6.07) is 0. The van der Waals surface area contributed by atoms with Gasteiger partial charge in [0.1, 0.15) is 0 Å². The summed E-state index contributed by atoms with van der Waals surface area (Å²) in [5, 5.41) is 7.42. The first-order valence-electron chi connectivity index (χ1n) is 5.40. The van der Waals surface area contributed by atoms with E-state index >= 15 is 0 Å². The Labute approximate surface area is 116 Å². The van der Waals surface area contributed by atoms with Gasteiger partial charge in [0, 0.05) is 20.0 Å². The highest BCUT2D eigenvalue weighted by Gasteiger charge is 1.65. The van der Waals surface area contributed by atoms with E-state index in [1.807, 2.05) is 27.7 Å². The van der Waals surface area contributed by atoms with Gasteiger partial charge in [-0.15, -0.1) is 0 Å². The molecule has 0 aliphatic rings. The van der Waals surface area contributed by atoms with E-state index in [1.54, 1.807) is 0 Å². The normalized spacial score (nSPS) is 4.39. The van der Waals surface area contributed by atoms with Crippen LogP contribution in [0.4, 0.5) is 0 Å². The molecule has 0 spiro atoms. The zero-order valence-corrected chi connectivity index (χ0v) is 12.1. The molecule has 0 atom stereocenters. The summed E-state index contributed by atoms with van der Waals surface area (Å²) in [4.78, 5) is 9.00. The van der Waals surface area contributed by atoms with Gasteiger partial charge in [0.15, 0.2) is 0 Å². The summed E-state index contributed by atoms with van der Waals surface area (Å²) in [7, 11) is 3.00. The number of rotatable bonds is 1. The molecule has 6 nitrogen and oxygen atoms in total. The van der Waals surface area contributed by atoms with E-state index in [2.05, 4.69) is 11.5 Å². The van der Waals surface area contributed by atoms with E-state index in [-0.39, 0.29) is 14.9 Å². The Bertz CT molecular complexity index is 60.0. The van der Waals surface area contributed by atoms with Crippen LogP contribution < -0.4 is 22.9 Å². The van der Waals surface area contributed by atoms with Gasteiger partial charge in [0.25, 0.3) is 5.97 Å². The van der Waals surface area contributed by atoms with Gasteiger partial charge in [-0.25, -0.2) is 0 Å². The molecular weight excluding hydrogens is 232 g/mol. The predicted molar refractivity (Wildman–Crippen MR) is 87.8 cm³/mol. The second-order valence-electron chi connectivity index (χ2n) is 1.10. The first kappa shape index (κ1) is 53.1. The SMILES string of the molecule is C.C.CC.CC.CC(=O)O.CN.CN.NCCN. The summed E-state index contributed by atoms with van der Waals surface area (Å²) < 4.78 is 0. The summed E-state index contributed by atoms with van der Waals surface area (Å²) in [6.45, 7) is 10.3. The number of carboxylic acid groups (broad SMARTS) is 1. The maximum Gasteiger partial charge on any atom is 0.300 e. The van der Waals surface area contributed by atoms with Crippen molar-refractivity contribution in [1.82, 2.24) is 0 Å². The van der Waals surface area contributed by atoms with E-state index in [1.165, 1.54) is 14.1 Å². The van der Waals surface area contributed by atoms with Crippen molar-refractivity contribution < 1.29 is 9.90 Å². The van der Waals surface area contributed by atoms with E-state index in [0.29, 0.717) is 13.1 Å². The van der Waals surface area contributed by atoms with E-state index in [0.717, 1.165) is 6.92 Å². The average Bonchev–Trinajstić information content (AvgIpc) is 2.38. The smallest absolute Gasteiger partial charge is 0.300 e. The quantitative estimate of drug-likeness (QED) is 0.490. The maximum absolute atomic E-state index is 9.00. The number of nitrogens with two attached hydrogens (primary N) is 4. The van der Waals surface area contributed by atoms with Crippen LogP contribution in [0, 0.1) is 0 Å². The van der Waals surface area contributed by atoms with Crippen molar-refractivity contribution in [2.24, 2.45) is 22.9 Å². The molecule has 0 amide bonds. The summed E-state index contributed by atoms with van der Waals surface area (Å²) in [5.74, 6) is -0.833. The van der Waals surface area contributed by atoms with Gasteiger partial charge in [-0.3, -0.25) is 4.79 Å². The standard InChI is InChI=1S/C2H8N2.C2H4O2.2C2H6.2CH5N.2CH4/c3-1-2-4;1-2(3)4;4*1-2;;/h1-4H2;1H3,(H,3,4);2*1-2H3;2*2H2,1H3;2*1H4. The molecule has 0 aliphatic carbocycles. The Kier molecular flexibility index (Phi) is 607. The van der Waals surface area contributed by atoms with Crippen LogP contribution in [0.2, 0.25) is 0 Å². The maximum atomic E-state index is 9.00. The molecule has 0 unspecified atom stereocenters. The number of aliphatic carboxylic acids is 1. The van der Waals surface area contributed by atoms with Gasteiger partial charge in [-0.2, -0.15) is 0 Å². The lowest BCUT2D eigenvalue weighted by atomic mass is 10.7. The van der Waals surface area contributed by atoms with Crippen molar-refractivity contribution in [1.29, 1.82) is 0 Å². The fourth-order valence-electron chi connectivity index (χ4n) is 0. The Hall–Kier alpha value is -0.690. The van der Waals surface area contributed by atoms with Gasteiger partial charge in [0.05, 0.1) is 0 Å². The highest BCUT2D eigenvalue weighted by Crippen LogP contribution is 1.42. The minimum Gasteiger partial charge on any atom is -0.481 e. The largest absolute Gasteiger partial charge is 0.481 e. The van der Waals surface area contributed by atoms with Crippen molar-refractivity contribution in [3.05, 3.63) is 0 Å². The molecule has 122 valence electrons. The second kappa shape index (κ2) is 206. The minimum absolute atomic E-state index is 0. The van der Waals surface area contributed by atoms with E-state index < -0.39 is 5.97 Å². The lowest BCUT2D eigenvalue weighted by Crippen LogP contribution is -2.11. The predicted octanol–water partition coefficient (Wildman–Crippen LogP) is 1.47. The first-order valence-corrected chi connectivity index (χ1v) is 5.40. The molecule has 0 fully saturated rings. The third-order valence-electron chi connectivity index (χ3n) is 0.167. The van der Waals surface area contributed by atoms with Gasteiger partial charge in [-0.1, -0.05) is 42.5 Å². The molecular formula is C12H42N4O2. The molecule has 9 N–H and O–H groups in total. The second-order valence-corrected chi connectivity index (χ2v) is 1.10. The fourth-order valence-corrected chi connectivity index (χ4v) is 0. The number of carboxylic acids is 1. The highest BCUT2D eigenvalue weighted by molar-refractivity contribution is 5.62. The van der Waals surface area contributed by atoms with Crippen LogP contribution in [-0.2, 0) is 4.79 Å². The minimum atomic E-state index is -0.833. The monoisotopic (exact) mass is 274 g/mol. The number of carbonyl (C=O) groups is 1. The average molecular weight is 274 g/mol. The topological polar surface area (TPSA) is 141 Å². The molecule has 0 aromatic carbocycles. The Balaban J connectivity index is -0.0000000113. The van der Waals surface area contributed by atoms with Crippen molar-refractivity contribution in [2.75, 3.05) is 27.2 Å². The van der Waals surface area contributed by atoms with Crippen LogP contribution in [0.15, 0.2) is 0 Å². The molecule has 18 heavy (non-hydrogen) atoms. The Morgan fingerprint density at radius 3 is 0.889 bits per heavy atom. The zero-order chi connectivity index (χ0) is 15.0. The summed E-state index contributed by atoms with van der Waals surface area (Å²) in [6.07, 6.45) is 0. The van der Waals surface area contributed by atoms with Gasteiger partial charge in [0.2, 0.25) is 0 Å². The highest BCUT2D eigenvalue weighted by atomic mass is 16.4. The van der Waals surface area contributed by atoms with Crippen molar-refractivity contribution >= 4 is 5.97 Å². The van der Waals surface area contributed by atoms with Crippen LogP contribution in [0.5, 0.6) is 0 Å². The fraction of sp³-hybridized carbons (Fsp3) is 0.917. The van der Waals surface area contributed by atoms with Crippen LogP contribution in [0.1, 0.15) is 49.5 Å². The van der Waals surface area contributed by atoms with Gasteiger partial charge >= 0.3 is 0 Å². The van der Waals surface area contributed by atoms with Crippen molar-refractivity contribution in [3.63, 3.8) is 0 Å². The first-order chi connectivity index (χ1) is 7.65. The molecule has 0 saturated heterocycles.